The van der Waals surface area contributed by atoms with Gasteiger partial charge in [0.2, 0.25) is 0 Å². The lowest BCUT2D eigenvalue weighted by atomic mass is 10.1. The van der Waals surface area contributed by atoms with Crippen LogP contribution in [0, 0.1) is 5.82 Å². The summed E-state index contributed by atoms with van der Waals surface area (Å²) in [7, 11) is 1.18. The van der Waals surface area contributed by atoms with Crippen LogP contribution in [-0.2, 0) is 16.0 Å². The lowest BCUT2D eigenvalue weighted by Crippen LogP contribution is -2.20. The van der Waals surface area contributed by atoms with Gasteiger partial charge in [-0.15, -0.1) is 13.2 Å². The number of esters is 1. The minimum absolute atomic E-state index is 0.0295. The monoisotopic (exact) mass is 451 g/mol. The third kappa shape index (κ3) is 5.42. The maximum atomic E-state index is 13.3. The number of benzene rings is 2. The summed E-state index contributed by atoms with van der Waals surface area (Å²) in [5.41, 5.74) is 0.163. The number of halogens is 4. The van der Waals surface area contributed by atoms with E-state index in [2.05, 4.69) is 19.6 Å². The highest BCUT2D eigenvalue weighted by molar-refractivity contribution is 6.01. The molecule has 2 aromatic carbocycles. The van der Waals surface area contributed by atoms with Crippen LogP contribution in [0.4, 0.5) is 23.2 Å². The van der Waals surface area contributed by atoms with Crippen LogP contribution in [0.3, 0.4) is 0 Å². The number of aromatic amines is 1. The van der Waals surface area contributed by atoms with Crippen molar-refractivity contribution >= 4 is 17.4 Å². The number of rotatable bonds is 6. The van der Waals surface area contributed by atoms with Crippen LogP contribution in [0.5, 0.6) is 5.75 Å². The van der Waals surface area contributed by atoms with Crippen molar-refractivity contribution < 1.29 is 31.8 Å². The molecule has 168 valence electrons. The van der Waals surface area contributed by atoms with Crippen LogP contribution in [0.15, 0.2) is 58.3 Å². The molecule has 3 rings (SSSR count). The van der Waals surface area contributed by atoms with Gasteiger partial charge < -0.3 is 9.47 Å². The Morgan fingerprint density at radius 3 is 2.47 bits per heavy atom. The summed E-state index contributed by atoms with van der Waals surface area (Å²) >= 11 is 0. The van der Waals surface area contributed by atoms with E-state index in [0.29, 0.717) is 5.69 Å². The predicted molar refractivity (Wildman–Crippen MR) is 107 cm³/mol. The highest BCUT2D eigenvalue weighted by Gasteiger charge is 2.31. The third-order valence-electron chi connectivity index (χ3n) is 4.31. The van der Waals surface area contributed by atoms with Gasteiger partial charge in [0.05, 0.1) is 41.9 Å². The lowest BCUT2D eigenvalue weighted by molar-refractivity contribution is -0.274. The number of ether oxygens (including phenoxy) is 2. The summed E-state index contributed by atoms with van der Waals surface area (Å²) in [4.78, 5) is 29.1. The van der Waals surface area contributed by atoms with Crippen molar-refractivity contribution in [2.75, 3.05) is 7.11 Å². The Balaban J connectivity index is 2.07. The quantitative estimate of drug-likeness (QED) is 0.348. The van der Waals surface area contributed by atoms with Gasteiger partial charge in [0, 0.05) is 6.07 Å². The first-order valence-electron chi connectivity index (χ1n) is 9.15. The molecule has 0 aliphatic rings. The molecule has 1 aromatic heterocycles. The molecule has 3 aromatic rings. The van der Waals surface area contributed by atoms with E-state index in [1.807, 2.05) is 0 Å². The minimum atomic E-state index is -4.87. The van der Waals surface area contributed by atoms with Crippen LogP contribution in [0.25, 0.3) is 5.69 Å². The molecule has 0 radical (unpaired) electrons. The first-order chi connectivity index (χ1) is 15.1. The fourth-order valence-corrected chi connectivity index (χ4v) is 2.97. The van der Waals surface area contributed by atoms with Crippen LogP contribution < -0.4 is 10.3 Å². The topological polar surface area (TPSA) is 85.7 Å². The normalized spacial score (nSPS) is 12.0. The van der Waals surface area contributed by atoms with Gasteiger partial charge in [0.1, 0.15) is 11.6 Å². The van der Waals surface area contributed by atoms with Crippen LogP contribution >= 0.6 is 0 Å². The molecule has 0 spiro atoms. The van der Waals surface area contributed by atoms with E-state index in [1.165, 1.54) is 38.3 Å². The summed E-state index contributed by atoms with van der Waals surface area (Å²) in [6.07, 6.45) is -5.16. The van der Waals surface area contributed by atoms with Gasteiger partial charge in [-0.1, -0.05) is 6.07 Å². The number of carbonyl (C=O) groups excluding carboxylic acids is 1. The first-order valence-corrected chi connectivity index (χ1v) is 9.15. The summed E-state index contributed by atoms with van der Waals surface area (Å²) in [5.74, 6) is -1.60. The Hall–Kier alpha value is -3.89. The molecule has 0 saturated heterocycles. The molecule has 0 atom stereocenters. The second-order valence-electron chi connectivity index (χ2n) is 6.58. The van der Waals surface area contributed by atoms with Gasteiger partial charge in [-0.2, -0.15) is 0 Å². The number of hydrogen-bond donors (Lipinski definition) is 1. The predicted octanol–water partition coefficient (Wildman–Crippen LogP) is 4.06. The number of methoxy groups -OCH3 is 1. The smallest absolute Gasteiger partial charge is 0.469 e. The Kier molecular flexibility index (Phi) is 6.47. The van der Waals surface area contributed by atoms with E-state index in [4.69, 9.17) is 0 Å². The highest BCUT2D eigenvalue weighted by atomic mass is 19.4. The Bertz CT molecular complexity index is 1210. The highest BCUT2D eigenvalue weighted by Crippen LogP contribution is 2.26. The Labute approximate surface area is 178 Å². The van der Waals surface area contributed by atoms with Crippen molar-refractivity contribution in [3.05, 3.63) is 76.0 Å². The molecule has 32 heavy (non-hydrogen) atoms. The fourth-order valence-electron chi connectivity index (χ4n) is 2.97. The van der Waals surface area contributed by atoms with Gasteiger partial charge in [0.25, 0.3) is 5.56 Å². The molecule has 7 nitrogen and oxygen atoms in total. The Morgan fingerprint density at radius 2 is 1.84 bits per heavy atom. The van der Waals surface area contributed by atoms with Crippen LogP contribution in [-0.4, -0.2) is 34.9 Å². The zero-order valence-corrected chi connectivity index (χ0v) is 16.9. The van der Waals surface area contributed by atoms with Crippen molar-refractivity contribution in [1.82, 2.24) is 9.78 Å². The zero-order chi connectivity index (χ0) is 23.5. The van der Waals surface area contributed by atoms with Crippen molar-refractivity contribution in [3.63, 3.8) is 0 Å². The van der Waals surface area contributed by atoms with E-state index in [0.717, 1.165) is 28.9 Å². The number of aromatic nitrogens is 2. The summed E-state index contributed by atoms with van der Waals surface area (Å²) < 4.78 is 60.3. The summed E-state index contributed by atoms with van der Waals surface area (Å²) in [6, 6.07) is 9.97. The molecule has 0 fully saturated rings. The van der Waals surface area contributed by atoms with Crippen LogP contribution in [0.2, 0.25) is 0 Å². The van der Waals surface area contributed by atoms with Gasteiger partial charge in [-0.3, -0.25) is 19.7 Å². The Morgan fingerprint density at radius 1 is 1.16 bits per heavy atom. The second-order valence-corrected chi connectivity index (χ2v) is 6.58. The van der Waals surface area contributed by atoms with Gasteiger partial charge in [-0.25, -0.2) is 9.07 Å². The minimum Gasteiger partial charge on any atom is -0.469 e. The van der Waals surface area contributed by atoms with Gasteiger partial charge in [-0.05, 0) is 43.3 Å². The molecular weight excluding hydrogens is 434 g/mol. The number of nitrogens with zero attached hydrogens (tertiary/aromatic N) is 2. The average Bonchev–Trinajstić information content (AvgIpc) is 3.03. The maximum absolute atomic E-state index is 13.3. The number of H-pyrrole nitrogens is 1. The largest absolute Gasteiger partial charge is 0.573 e. The van der Waals surface area contributed by atoms with Crippen molar-refractivity contribution in [3.8, 4) is 11.4 Å². The molecule has 0 aliphatic heterocycles. The SMILES string of the molecule is COC(=O)Cc1[nH]n(-c2ccc(F)cc2)c(=O)c1C(C)=Nc1cccc(OC(F)(F)F)c1. The summed E-state index contributed by atoms with van der Waals surface area (Å²) in [6.45, 7) is 1.47. The molecule has 0 saturated carbocycles. The number of aliphatic imine (C=N–C) groups is 1. The van der Waals surface area contributed by atoms with Crippen molar-refractivity contribution in [2.45, 2.75) is 19.7 Å². The molecule has 0 aliphatic carbocycles. The third-order valence-corrected chi connectivity index (χ3v) is 4.31. The van der Waals surface area contributed by atoms with Gasteiger partial charge >= 0.3 is 12.3 Å². The van der Waals surface area contributed by atoms with E-state index >= 15 is 0 Å². The molecule has 1 N–H and O–H groups in total. The van der Waals surface area contributed by atoms with Crippen molar-refractivity contribution in [1.29, 1.82) is 0 Å². The van der Waals surface area contributed by atoms with E-state index in [1.54, 1.807) is 0 Å². The maximum Gasteiger partial charge on any atom is 0.573 e. The molecular formula is C21H17F4N3O4. The first kappa shape index (κ1) is 22.8. The molecule has 0 bridgehead atoms. The van der Waals surface area contributed by atoms with E-state index in [9.17, 15) is 27.2 Å². The molecule has 0 unspecified atom stereocenters. The average molecular weight is 451 g/mol. The van der Waals surface area contributed by atoms with Gasteiger partial charge in [0.15, 0.2) is 0 Å². The number of hydrogen-bond acceptors (Lipinski definition) is 5. The molecule has 0 amide bonds. The fraction of sp³-hybridized carbons (Fsp3) is 0.190. The number of alkyl halides is 3. The van der Waals surface area contributed by atoms with E-state index < -0.39 is 29.5 Å². The number of nitrogens with one attached hydrogen (secondary N) is 1. The summed E-state index contributed by atoms with van der Waals surface area (Å²) in [5, 5.41) is 2.79. The number of carbonyl (C=O) groups is 1. The standard InChI is InChI=1S/C21H17F4N3O4/c1-12(26-14-4-3-5-16(10-14)32-21(23,24)25)19-17(11-18(29)31-2)27-28(20(19)30)15-8-6-13(22)7-9-15/h3-10,27H,11H2,1-2H3. The molecule has 1 heterocycles. The zero-order valence-electron chi connectivity index (χ0n) is 16.9. The lowest BCUT2D eigenvalue weighted by Gasteiger charge is -2.09. The second kappa shape index (κ2) is 9.08. The van der Waals surface area contributed by atoms with Crippen molar-refractivity contribution in [2.24, 2.45) is 4.99 Å². The van der Waals surface area contributed by atoms with Crippen LogP contribution in [0.1, 0.15) is 18.2 Å². The van der Waals surface area contributed by atoms with E-state index in [-0.39, 0.29) is 29.1 Å². The molecule has 11 heteroatoms.